The number of para-hydroxylation sites is 1. The number of amides is 1. The highest BCUT2D eigenvalue weighted by molar-refractivity contribution is 6.05. The predicted octanol–water partition coefficient (Wildman–Crippen LogP) is 3.98. The van der Waals surface area contributed by atoms with Gasteiger partial charge in [0.15, 0.2) is 7.05 Å². The average Bonchev–Trinajstić information content (AvgIpc) is 3.40. The Hall–Kier alpha value is -5.55. The molecule has 1 atom stereocenters. The molecule has 0 aliphatic rings. The topological polar surface area (TPSA) is 96.6 Å². The molecule has 0 spiro atoms. The summed E-state index contributed by atoms with van der Waals surface area (Å²) in [6.45, 7) is 1.86. The molecule has 4 heterocycles. The van der Waals surface area contributed by atoms with E-state index in [-0.39, 0.29) is 11.5 Å². The number of aromatic amines is 1. The second kappa shape index (κ2) is 10.3. The Bertz CT molecular complexity index is 2010. The van der Waals surface area contributed by atoms with Crippen molar-refractivity contribution in [3.63, 3.8) is 0 Å². The van der Waals surface area contributed by atoms with Gasteiger partial charge in [-0.1, -0.05) is 42.2 Å². The molecule has 0 aliphatic carbocycles. The van der Waals surface area contributed by atoms with Crippen molar-refractivity contribution in [1.82, 2.24) is 25.0 Å². The Kier molecular flexibility index (Phi) is 6.38. The van der Waals surface area contributed by atoms with E-state index in [9.17, 15) is 9.59 Å². The molecule has 2 N–H and O–H groups in total. The van der Waals surface area contributed by atoms with Gasteiger partial charge in [-0.3, -0.25) is 24.1 Å². The number of nitrogens with one attached hydrogen (secondary N) is 2. The van der Waals surface area contributed by atoms with E-state index in [1.807, 2.05) is 91.7 Å². The van der Waals surface area contributed by atoms with Gasteiger partial charge in [0, 0.05) is 40.9 Å². The van der Waals surface area contributed by atoms with Gasteiger partial charge in [0.1, 0.15) is 5.56 Å². The van der Waals surface area contributed by atoms with Crippen molar-refractivity contribution in [1.29, 1.82) is 0 Å². The van der Waals surface area contributed by atoms with E-state index in [0.29, 0.717) is 33.4 Å². The zero-order valence-corrected chi connectivity index (χ0v) is 21.9. The number of carbonyl (C=O) groups is 1. The van der Waals surface area contributed by atoms with Gasteiger partial charge in [0.2, 0.25) is 6.20 Å². The summed E-state index contributed by atoms with van der Waals surface area (Å²) in [5, 5.41) is 8.14. The molecule has 8 heteroatoms. The summed E-state index contributed by atoms with van der Waals surface area (Å²) < 4.78 is 3.45. The van der Waals surface area contributed by atoms with E-state index >= 15 is 0 Å². The van der Waals surface area contributed by atoms with Crippen LogP contribution in [0.2, 0.25) is 0 Å². The summed E-state index contributed by atoms with van der Waals surface area (Å²) in [6.07, 6.45) is 8.52. The highest BCUT2D eigenvalue weighted by atomic mass is 16.2. The van der Waals surface area contributed by atoms with Gasteiger partial charge in [0.05, 0.1) is 28.7 Å². The van der Waals surface area contributed by atoms with E-state index < -0.39 is 6.04 Å². The molecule has 0 fully saturated rings. The van der Waals surface area contributed by atoms with Crippen LogP contribution in [0.5, 0.6) is 0 Å². The van der Waals surface area contributed by atoms with Crippen LogP contribution < -0.4 is 15.6 Å². The summed E-state index contributed by atoms with van der Waals surface area (Å²) in [6, 6.07) is 20.1. The summed E-state index contributed by atoms with van der Waals surface area (Å²) in [5.74, 6) is 5.99. The normalized spacial score (nSPS) is 11.7. The lowest BCUT2D eigenvalue weighted by molar-refractivity contribution is -0.726. The lowest BCUT2D eigenvalue weighted by Crippen LogP contribution is -2.32. The quantitative estimate of drug-likeness (QED) is 0.269. The molecule has 1 amide bonds. The van der Waals surface area contributed by atoms with Crippen molar-refractivity contribution < 1.29 is 9.48 Å². The average molecular weight is 526 g/mol. The summed E-state index contributed by atoms with van der Waals surface area (Å²) in [4.78, 5) is 36.2. The molecule has 0 radical (unpaired) electrons. The molecular weight excluding hydrogens is 500 g/mol. The molecule has 40 heavy (non-hydrogen) atoms. The minimum atomic E-state index is -0.515. The Labute approximate surface area is 230 Å². The lowest BCUT2D eigenvalue weighted by atomic mass is 10.0. The molecule has 0 saturated heterocycles. The van der Waals surface area contributed by atoms with Crippen LogP contribution in [-0.4, -0.2) is 25.5 Å². The largest absolute Gasteiger partial charge is 0.344 e. The Morgan fingerprint density at radius 2 is 1.85 bits per heavy atom. The number of nitrogens with zero attached hydrogens (tertiary/aromatic N) is 4. The highest BCUT2D eigenvalue weighted by Crippen LogP contribution is 2.24. The molecule has 4 aromatic heterocycles. The standard InChI is InChI=1S/C32H24N6O2/c1-21(36-31(39)27-19-33-18-25-10-7-15-34-30(25)27)28-16-24-9-6-8-23(14-13-22-17-35-37(2)20-22)29(24)32(40)38(28)26-11-4-3-5-12-26/h3-12,15-21H,1-2H3,(H,36,39)/p+1/t21-/m0/s1. The second-order valence-corrected chi connectivity index (χ2v) is 9.49. The molecule has 2 aromatic carbocycles. The molecule has 0 bridgehead atoms. The number of pyridine rings is 3. The van der Waals surface area contributed by atoms with E-state index in [1.54, 1.807) is 23.0 Å². The molecule has 0 saturated carbocycles. The fourth-order valence-corrected chi connectivity index (χ4v) is 4.83. The van der Waals surface area contributed by atoms with E-state index in [4.69, 9.17) is 0 Å². The van der Waals surface area contributed by atoms with Gasteiger partial charge < -0.3 is 5.32 Å². The third-order valence-electron chi connectivity index (χ3n) is 6.73. The third kappa shape index (κ3) is 4.61. The van der Waals surface area contributed by atoms with E-state index in [2.05, 4.69) is 32.2 Å². The number of aryl methyl sites for hydroxylation is 1. The maximum Gasteiger partial charge on any atom is 0.264 e. The van der Waals surface area contributed by atoms with Crippen LogP contribution in [0.3, 0.4) is 0 Å². The van der Waals surface area contributed by atoms with Crippen molar-refractivity contribution >= 4 is 27.6 Å². The van der Waals surface area contributed by atoms with Crippen LogP contribution in [0.15, 0.2) is 103 Å². The first-order chi connectivity index (χ1) is 19.5. The minimum Gasteiger partial charge on any atom is -0.344 e. The summed E-state index contributed by atoms with van der Waals surface area (Å²) in [7, 11) is 1.89. The molecule has 194 valence electrons. The first-order valence-corrected chi connectivity index (χ1v) is 12.8. The van der Waals surface area contributed by atoms with Crippen LogP contribution in [0.25, 0.3) is 27.4 Å². The van der Waals surface area contributed by atoms with Gasteiger partial charge in [-0.2, -0.15) is 5.10 Å². The molecule has 6 aromatic rings. The van der Waals surface area contributed by atoms with E-state index in [1.165, 1.54) is 6.20 Å². The van der Waals surface area contributed by atoms with Crippen LogP contribution in [0.1, 0.15) is 40.1 Å². The first-order valence-electron chi connectivity index (χ1n) is 12.8. The lowest BCUT2D eigenvalue weighted by Gasteiger charge is -2.21. The summed E-state index contributed by atoms with van der Waals surface area (Å²) >= 11 is 0. The number of rotatable bonds is 4. The molecule has 0 unspecified atom stereocenters. The maximum absolute atomic E-state index is 14.2. The van der Waals surface area contributed by atoms with Crippen molar-refractivity contribution in [2.45, 2.75) is 13.0 Å². The zero-order valence-electron chi connectivity index (χ0n) is 21.9. The SMILES string of the molecule is C[C@H](NC(=O)c1cncc2cccnc12)c1cc2cccc(C#Cc3c[nH][n+](C)c3)c2c(=O)n1-c1ccccc1. The van der Waals surface area contributed by atoms with Gasteiger partial charge in [-0.25, -0.2) is 0 Å². The molecule has 8 nitrogen and oxygen atoms in total. The van der Waals surface area contributed by atoms with Crippen molar-refractivity contribution in [3.05, 3.63) is 130 Å². The number of benzene rings is 2. The maximum atomic E-state index is 14.2. The van der Waals surface area contributed by atoms with Gasteiger partial charge in [0.25, 0.3) is 11.5 Å². The second-order valence-electron chi connectivity index (χ2n) is 9.49. The molecular formula is C32H25N6O2+. The highest BCUT2D eigenvalue weighted by Gasteiger charge is 2.21. The van der Waals surface area contributed by atoms with Crippen molar-refractivity contribution in [2.24, 2.45) is 7.05 Å². The fourth-order valence-electron chi connectivity index (χ4n) is 4.83. The minimum absolute atomic E-state index is 0.210. The van der Waals surface area contributed by atoms with Crippen LogP contribution in [-0.2, 0) is 7.05 Å². The van der Waals surface area contributed by atoms with Gasteiger partial charge in [-0.05, 0) is 48.7 Å². The van der Waals surface area contributed by atoms with E-state index in [0.717, 1.165) is 16.3 Å². The first kappa shape index (κ1) is 24.8. The van der Waals surface area contributed by atoms with Crippen LogP contribution >= 0.6 is 0 Å². The summed E-state index contributed by atoms with van der Waals surface area (Å²) in [5.41, 5.74) is 3.51. The third-order valence-corrected chi connectivity index (χ3v) is 6.73. The Morgan fingerprint density at radius 3 is 2.65 bits per heavy atom. The van der Waals surface area contributed by atoms with Crippen LogP contribution in [0, 0.1) is 11.8 Å². The number of fused-ring (bicyclic) bond motifs is 2. The monoisotopic (exact) mass is 525 g/mol. The number of hydrogen-bond donors (Lipinski definition) is 2. The van der Waals surface area contributed by atoms with Crippen molar-refractivity contribution in [3.8, 4) is 17.5 Å². The number of carbonyl (C=O) groups excluding carboxylic acids is 1. The predicted molar refractivity (Wildman–Crippen MR) is 153 cm³/mol. The number of aromatic nitrogens is 5. The molecule has 0 aliphatic heterocycles. The zero-order chi connectivity index (χ0) is 27.6. The Balaban J connectivity index is 1.47. The van der Waals surface area contributed by atoms with Crippen LogP contribution in [0.4, 0.5) is 0 Å². The Morgan fingerprint density at radius 1 is 1.02 bits per heavy atom. The number of hydrogen-bond acceptors (Lipinski definition) is 4. The molecule has 6 rings (SSSR count). The van der Waals surface area contributed by atoms with Gasteiger partial charge in [-0.15, -0.1) is 4.68 Å². The van der Waals surface area contributed by atoms with Gasteiger partial charge >= 0.3 is 0 Å². The number of H-pyrrole nitrogens is 1. The smallest absolute Gasteiger partial charge is 0.264 e. The fraction of sp³-hybridized carbons (Fsp3) is 0.0938. The van der Waals surface area contributed by atoms with Crippen molar-refractivity contribution in [2.75, 3.05) is 0 Å².